The van der Waals surface area contributed by atoms with E-state index in [2.05, 4.69) is 20.8 Å². The molecule has 0 aromatic rings. The summed E-state index contributed by atoms with van der Waals surface area (Å²) in [6, 6.07) is 0. The number of nitrogens with two attached hydrogens (primary N) is 1. The van der Waals surface area contributed by atoms with Crippen LogP contribution in [-0.2, 0) is 4.74 Å². The highest BCUT2D eigenvalue weighted by Gasteiger charge is 2.24. The van der Waals surface area contributed by atoms with Gasteiger partial charge in [-0.05, 0) is 24.7 Å². The third-order valence-electron chi connectivity index (χ3n) is 3.66. The normalized spacial score (nSPS) is 29.4. The van der Waals surface area contributed by atoms with E-state index >= 15 is 0 Å². The van der Waals surface area contributed by atoms with E-state index in [-0.39, 0.29) is 6.10 Å². The summed E-state index contributed by atoms with van der Waals surface area (Å²) in [5, 5.41) is 0. The molecule has 0 spiro atoms. The van der Waals surface area contributed by atoms with E-state index in [1.165, 1.54) is 32.1 Å². The van der Waals surface area contributed by atoms with Crippen LogP contribution in [0.5, 0.6) is 0 Å². The highest BCUT2D eigenvalue weighted by atomic mass is 16.5. The second kappa shape index (κ2) is 6.49. The van der Waals surface area contributed by atoms with Gasteiger partial charge in [-0.25, -0.2) is 0 Å². The summed E-state index contributed by atoms with van der Waals surface area (Å²) in [7, 11) is 0. The second-order valence-electron chi connectivity index (χ2n) is 5.22. The molecule has 2 nitrogen and oxygen atoms in total. The number of rotatable bonds is 5. The van der Waals surface area contributed by atoms with Crippen LogP contribution in [0.1, 0.15) is 52.9 Å². The Bertz CT molecular complexity index is 170. The first-order chi connectivity index (χ1) is 7.17. The molecule has 1 rings (SSSR count). The molecule has 2 N–H and O–H groups in total. The summed E-state index contributed by atoms with van der Waals surface area (Å²) < 4.78 is 6.11. The maximum Gasteiger partial charge on any atom is 0.0723 e. The van der Waals surface area contributed by atoms with Crippen molar-refractivity contribution in [2.75, 3.05) is 6.54 Å². The molecular weight excluding hydrogens is 186 g/mol. The van der Waals surface area contributed by atoms with E-state index in [9.17, 15) is 0 Å². The van der Waals surface area contributed by atoms with E-state index in [1.54, 1.807) is 0 Å². The van der Waals surface area contributed by atoms with Crippen LogP contribution in [0.3, 0.4) is 0 Å². The lowest BCUT2D eigenvalue weighted by atomic mass is 9.85. The number of ether oxygens (including phenoxy) is 1. The summed E-state index contributed by atoms with van der Waals surface area (Å²) in [6.45, 7) is 7.33. The first-order valence-corrected chi connectivity index (χ1v) is 6.52. The molecule has 3 unspecified atom stereocenters. The zero-order chi connectivity index (χ0) is 11.3. The van der Waals surface area contributed by atoms with Gasteiger partial charge in [-0.2, -0.15) is 0 Å². The molecule has 1 aliphatic rings. The molecule has 0 amide bonds. The van der Waals surface area contributed by atoms with Gasteiger partial charge in [0, 0.05) is 6.54 Å². The smallest absolute Gasteiger partial charge is 0.0723 e. The van der Waals surface area contributed by atoms with Gasteiger partial charge in [-0.15, -0.1) is 0 Å². The van der Waals surface area contributed by atoms with E-state index in [4.69, 9.17) is 10.5 Å². The fraction of sp³-hybridized carbons (Fsp3) is 1.00. The lowest BCUT2D eigenvalue weighted by Gasteiger charge is -2.32. The van der Waals surface area contributed by atoms with Crippen LogP contribution < -0.4 is 5.73 Å². The number of hydrogen-bond acceptors (Lipinski definition) is 2. The standard InChI is InChI=1S/C13H27NO/c1-4-11-6-5-7-12(8-11)15-13(9-14)10(2)3/h10-13H,4-9,14H2,1-3H3. The molecule has 90 valence electrons. The Balaban J connectivity index is 2.36. The fourth-order valence-corrected chi connectivity index (χ4v) is 2.47. The molecular formula is C13H27NO. The molecule has 0 aromatic carbocycles. The molecule has 1 saturated carbocycles. The van der Waals surface area contributed by atoms with Crippen LogP contribution in [-0.4, -0.2) is 18.8 Å². The molecule has 3 atom stereocenters. The molecule has 0 radical (unpaired) electrons. The van der Waals surface area contributed by atoms with Gasteiger partial charge in [0.2, 0.25) is 0 Å². The quantitative estimate of drug-likeness (QED) is 0.762. The first kappa shape index (κ1) is 13.0. The maximum atomic E-state index is 6.11. The van der Waals surface area contributed by atoms with Crippen LogP contribution >= 0.6 is 0 Å². The topological polar surface area (TPSA) is 35.2 Å². The summed E-state index contributed by atoms with van der Waals surface area (Å²) >= 11 is 0. The van der Waals surface area contributed by atoms with Crippen molar-refractivity contribution in [2.24, 2.45) is 17.6 Å². The Morgan fingerprint density at radius 1 is 1.33 bits per heavy atom. The van der Waals surface area contributed by atoms with Crippen molar-refractivity contribution in [3.8, 4) is 0 Å². The molecule has 0 heterocycles. The molecule has 2 heteroatoms. The van der Waals surface area contributed by atoms with Crippen LogP contribution in [0, 0.1) is 11.8 Å². The molecule has 1 aliphatic carbocycles. The Morgan fingerprint density at radius 3 is 2.60 bits per heavy atom. The van der Waals surface area contributed by atoms with Crippen LogP contribution in [0.15, 0.2) is 0 Å². The average Bonchev–Trinajstić information content (AvgIpc) is 2.25. The second-order valence-corrected chi connectivity index (χ2v) is 5.22. The minimum atomic E-state index is 0.255. The zero-order valence-corrected chi connectivity index (χ0v) is 10.5. The molecule has 0 aliphatic heterocycles. The predicted molar refractivity (Wildman–Crippen MR) is 64.8 cm³/mol. The minimum Gasteiger partial charge on any atom is -0.373 e. The Morgan fingerprint density at radius 2 is 2.07 bits per heavy atom. The van der Waals surface area contributed by atoms with E-state index in [0.29, 0.717) is 18.6 Å². The lowest BCUT2D eigenvalue weighted by Crippen LogP contribution is -2.35. The van der Waals surface area contributed by atoms with Crippen molar-refractivity contribution >= 4 is 0 Å². The minimum absolute atomic E-state index is 0.255. The SMILES string of the molecule is CCC1CCCC(OC(CN)C(C)C)C1. The molecule has 0 bridgehead atoms. The van der Waals surface area contributed by atoms with Crippen molar-refractivity contribution in [1.29, 1.82) is 0 Å². The Kier molecular flexibility index (Phi) is 5.62. The van der Waals surface area contributed by atoms with Gasteiger partial charge >= 0.3 is 0 Å². The average molecular weight is 213 g/mol. The monoisotopic (exact) mass is 213 g/mol. The van der Waals surface area contributed by atoms with Crippen LogP contribution in [0.25, 0.3) is 0 Å². The Labute approximate surface area is 94.6 Å². The summed E-state index contributed by atoms with van der Waals surface area (Å²) in [5.41, 5.74) is 5.73. The van der Waals surface area contributed by atoms with Gasteiger partial charge in [0.15, 0.2) is 0 Å². The van der Waals surface area contributed by atoms with Gasteiger partial charge in [0.05, 0.1) is 12.2 Å². The largest absolute Gasteiger partial charge is 0.373 e. The number of hydrogen-bond donors (Lipinski definition) is 1. The van der Waals surface area contributed by atoms with Crippen molar-refractivity contribution in [1.82, 2.24) is 0 Å². The van der Waals surface area contributed by atoms with Crippen molar-refractivity contribution in [3.63, 3.8) is 0 Å². The summed E-state index contributed by atoms with van der Waals surface area (Å²) in [4.78, 5) is 0. The van der Waals surface area contributed by atoms with Gasteiger partial charge < -0.3 is 10.5 Å². The molecule has 1 fully saturated rings. The first-order valence-electron chi connectivity index (χ1n) is 6.52. The predicted octanol–water partition coefficient (Wildman–Crippen LogP) is 2.96. The Hall–Kier alpha value is -0.0800. The summed E-state index contributed by atoms with van der Waals surface area (Å²) in [5.74, 6) is 1.42. The van der Waals surface area contributed by atoms with Gasteiger partial charge in [-0.1, -0.05) is 40.0 Å². The third-order valence-corrected chi connectivity index (χ3v) is 3.66. The molecule has 0 saturated heterocycles. The third kappa shape index (κ3) is 4.12. The van der Waals surface area contributed by atoms with Gasteiger partial charge in [-0.3, -0.25) is 0 Å². The molecule has 0 aromatic heterocycles. The van der Waals surface area contributed by atoms with Crippen molar-refractivity contribution in [2.45, 2.75) is 65.1 Å². The van der Waals surface area contributed by atoms with Gasteiger partial charge in [0.1, 0.15) is 0 Å². The van der Waals surface area contributed by atoms with Crippen LogP contribution in [0.4, 0.5) is 0 Å². The van der Waals surface area contributed by atoms with E-state index < -0.39 is 0 Å². The maximum absolute atomic E-state index is 6.11. The van der Waals surface area contributed by atoms with E-state index in [1.807, 2.05) is 0 Å². The highest BCUT2D eigenvalue weighted by Crippen LogP contribution is 2.29. The zero-order valence-electron chi connectivity index (χ0n) is 10.5. The molecule has 15 heavy (non-hydrogen) atoms. The lowest BCUT2D eigenvalue weighted by molar-refractivity contribution is -0.0552. The fourth-order valence-electron chi connectivity index (χ4n) is 2.47. The van der Waals surface area contributed by atoms with Gasteiger partial charge in [0.25, 0.3) is 0 Å². The van der Waals surface area contributed by atoms with E-state index in [0.717, 1.165) is 5.92 Å². The van der Waals surface area contributed by atoms with Crippen molar-refractivity contribution in [3.05, 3.63) is 0 Å². The summed E-state index contributed by atoms with van der Waals surface area (Å²) in [6.07, 6.45) is 7.24. The van der Waals surface area contributed by atoms with Crippen molar-refractivity contribution < 1.29 is 4.74 Å². The highest BCUT2D eigenvalue weighted by molar-refractivity contribution is 4.75. The van der Waals surface area contributed by atoms with Crippen LogP contribution in [0.2, 0.25) is 0 Å².